The van der Waals surface area contributed by atoms with Crippen molar-refractivity contribution in [3.05, 3.63) is 94.4 Å². The van der Waals surface area contributed by atoms with Gasteiger partial charge in [-0.3, -0.25) is 24.2 Å². The third-order valence-electron chi connectivity index (χ3n) is 13.4. The fraction of sp³-hybridized carbons (Fsp3) is 0.490. The van der Waals surface area contributed by atoms with Gasteiger partial charge in [0.2, 0.25) is 17.7 Å². The first-order chi connectivity index (χ1) is 31.5. The average Bonchev–Trinajstić information content (AvgIpc) is 3.65. The van der Waals surface area contributed by atoms with Gasteiger partial charge < -0.3 is 45.1 Å². The molecule has 346 valence electrons. The Morgan fingerprint density at radius 1 is 0.938 bits per heavy atom. The maximum Gasteiger partial charge on any atom is 0.255 e. The smallest absolute Gasteiger partial charge is 0.255 e. The molecule has 3 fully saturated rings. The van der Waals surface area contributed by atoms with E-state index in [1.807, 2.05) is 30.0 Å². The molecule has 3 aromatic carbocycles. The Bertz CT molecular complexity index is 2350. The molecule has 14 nitrogen and oxygen atoms in total. The van der Waals surface area contributed by atoms with Gasteiger partial charge in [-0.25, -0.2) is 4.39 Å². The minimum Gasteiger partial charge on any atom is -0.489 e. The predicted molar refractivity (Wildman–Crippen MR) is 244 cm³/mol. The van der Waals surface area contributed by atoms with Gasteiger partial charge >= 0.3 is 0 Å². The molecule has 4 aliphatic rings. The summed E-state index contributed by atoms with van der Waals surface area (Å²) in [7, 11) is 0. The number of likely N-dealkylation sites (tertiary alicyclic amines) is 1. The number of halogens is 2. The maximum atomic E-state index is 14.1. The molecule has 4 N–H and O–H groups in total. The van der Waals surface area contributed by atoms with Crippen LogP contribution < -0.4 is 20.7 Å². The van der Waals surface area contributed by atoms with Crippen LogP contribution in [0.3, 0.4) is 0 Å². The van der Waals surface area contributed by atoms with Crippen LogP contribution in [0.25, 0.3) is 10.9 Å². The second-order valence-corrected chi connectivity index (χ2v) is 18.0. The fourth-order valence-electron chi connectivity index (χ4n) is 9.72. The average molecular weight is 913 g/mol. The topological polar surface area (TPSA) is 172 Å². The van der Waals surface area contributed by atoms with Crippen molar-refractivity contribution in [1.29, 1.82) is 0 Å². The SMILES string of the molecule is C[C@@H](C(=O)Nc1ccc(Cl)c(OC2CCN(C(=O)CCOCCOCCNc3cccc4c3CN(C3CCC(O)NC3=O)C4=O)CC2)c1)C1CCC(c2ccnc3ccc(F)cc23)CC1. The van der Waals surface area contributed by atoms with E-state index < -0.39 is 12.3 Å². The summed E-state index contributed by atoms with van der Waals surface area (Å²) in [5.41, 5.74) is 4.77. The van der Waals surface area contributed by atoms with Gasteiger partial charge in [0.05, 0.1) is 43.4 Å². The van der Waals surface area contributed by atoms with Crippen molar-refractivity contribution in [1.82, 2.24) is 20.1 Å². The van der Waals surface area contributed by atoms with Crippen LogP contribution in [0.1, 0.15) is 92.1 Å². The predicted octanol–water partition coefficient (Wildman–Crippen LogP) is 7.03. The van der Waals surface area contributed by atoms with Crippen molar-refractivity contribution in [3.8, 4) is 5.75 Å². The molecule has 1 saturated carbocycles. The zero-order chi connectivity index (χ0) is 45.5. The summed E-state index contributed by atoms with van der Waals surface area (Å²) < 4.78 is 31.8. The lowest BCUT2D eigenvalue weighted by atomic mass is 9.73. The van der Waals surface area contributed by atoms with Crippen molar-refractivity contribution in [3.63, 3.8) is 0 Å². The number of nitrogens with zero attached hydrogens (tertiary/aromatic N) is 3. The molecule has 4 aromatic rings. The molecule has 4 heterocycles. The normalized spacial score (nSPS) is 21.8. The van der Waals surface area contributed by atoms with Crippen LogP contribution in [0.5, 0.6) is 5.75 Å². The van der Waals surface area contributed by atoms with Crippen LogP contribution >= 0.6 is 11.6 Å². The summed E-state index contributed by atoms with van der Waals surface area (Å²) in [6.07, 6.45) is 6.82. The van der Waals surface area contributed by atoms with Crippen molar-refractivity contribution in [2.24, 2.45) is 11.8 Å². The minimum atomic E-state index is -0.876. The highest BCUT2D eigenvalue weighted by Gasteiger charge is 2.40. The van der Waals surface area contributed by atoms with Gasteiger partial charge in [-0.15, -0.1) is 0 Å². The Morgan fingerprint density at radius 2 is 1.72 bits per heavy atom. The van der Waals surface area contributed by atoms with Gasteiger partial charge in [-0.05, 0) is 104 Å². The molecule has 1 aromatic heterocycles. The Morgan fingerprint density at radius 3 is 2.51 bits per heavy atom. The number of fused-ring (bicyclic) bond motifs is 2. The maximum absolute atomic E-state index is 14.1. The molecule has 0 bridgehead atoms. The van der Waals surface area contributed by atoms with E-state index in [1.54, 1.807) is 47.5 Å². The van der Waals surface area contributed by atoms with E-state index in [4.69, 9.17) is 25.8 Å². The van der Waals surface area contributed by atoms with Crippen LogP contribution in [0.2, 0.25) is 5.02 Å². The van der Waals surface area contributed by atoms with E-state index >= 15 is 0 Å². The van der Waals surface area contributed by atoms with Crippen molar-refractivity contribution in [2.75, 3.05) is 56.7 Å². The molecule has 3 aliphatic heterocycles. The lowest BCUT2D eigenvalue weighted by molar-refractivity contribution is -0.134. The highest BCUT2D eigenvalue weighted by Crippen LogP contribution is 2.41. The first-order valence-corrected chi connectivity index (χ1v) is 23.3. The summed E-state index contributed by atoms with van der Waals surface area (Å²) in [6, 6.07) is 16.9. The van der Waals surface area contributed by atoms with Gasteiger partial charge in [-0.2, -0.15) is 0 Å². The van der Waals surface area contributed by atoms with E-state index in [1.165, 1.54) is 6.07 Å². The lowest BCUT2D eigenvalue weighted by Crippen LogP contribution is -2.54. The van der Waals surface area contributed by atoms with E-state index in [2.05, 4.69) is 20.9 Å². The number of amides is 4. The lowest BCUT2D eigenvalue weighted by Gasteiger charge is -2.33. The quantitative estimate of drug-likeness (QED) is 0.0807. The van der Waals surface area contributed by atoms with Crippen LogP contribution in [0, 0.1) is 17.7 Å². The zero-order valence-electron chi connectivity index (χ0n) is 36.7. The molecular weight excluding hydrogens is 855 g/mol. The summed E-state index contributed by atoms with van der Waals surface area (Å²) in [5.74, 6) is 0.0181. The van der Waals surface area contributed by atoms with Gasteiger partial charge in [0, 0.05) is 85.1 Å². The molecule has 1 aliphatic carbocycles. The summed E-state index contributed by atoms with van der Waals surface area (Å²) in [5, 5.41) is 20.0. The van der Waals surface area contributed by atoms with E-state index in [0.29, 0.717) is 99.6 Å². The molecule has 2 saturated heterocycles. The number of carbonyl (C=O) groups is 4. The van der Waals surface area contributed by atoms with Crippen LogP contribution in [-0.4, -0.2) is 108 Å². The minimum absolute atomic E-state index is 0.0225. The molecule has 4 amide bonds. The van der Waals surface area contributed by atoms with Crippen molar-refractivity contribution >= 4 is 57.5 Å². The number of rotatable bonds is 17. The summed E-state index contributed by atoms with van der Waals surface area (Å²) >= 11 is 6.54. The molecule has 8 rings (SSSR count). The molecule has 2 unspecified atom stereocenters. The van der Waals surface area contributed by atoms with Gasteiger partial charge in [0.15, 0.2) is 0 Å². The van der Waals surface area contributed by atoms with Crippen molar-refractivity contribution < 1.29 is 42.9 Å². The van der Waals surface area contributed by atoms with E-state index in [9.17, 15) is 28.7 Å². The number of nitrogens with one attached hydrogen (secondary N) is 3. The molecular formula is C49H58ClFN6O8. The van der Waals surface area contributed by atoms with Crippen LogP contribution in [0.4, 0.5) is 15.8 Å². The number of ether oxygens (including phenoxy) is 3. The van der Waals surface area contributed by atoms with Gasteiger partial charge in [0.25, 0.3) is 5.91 Å². The number of carbonyl (C=O) groups excluding carboxylic acids is 4. The Labute approximate surface area is 383 Å². The number of hydrogen-bond acceptors (Lipinski definition) is 10. The summed E-state index contributed by atoms with van der Waals surface area (Å²) in [6.45, 7) is 5.32. The molecule has 0 spiro atoms. The first-order valence-electron chi connectivity index (χ1n) is 22.9. The number of benzene rings is 3. The number of piperidine rings is 2. The molecule has 3 atom stereocenters. The van der Waals surface area contributed by atoms with Crippen LogP contribution in [-0.2, 0) is 30.4 Å². The van der Waals surface area contributed by atoms with E-state index in [0.717, 1.165) is 53.4 Å². The monoisotopic (exact) mass is 912 g/mol. The first kappa shape index (κ1) is 46.2. The molecule has 65 heavy (non-hydrogen) atoms. The molecule has 0 radical (unpaired) electrons. The van der Waals surface area contributed by atoms with Crippen molar-refractivity contribution in [2.45, 2.75) is 95.5 Å². The standard InChI is InChI=1S/C49H58ClFN6O8/c1-30(31-5-7-32(8-6-31)36-15-19-52-42-12-9-33(51)27-38(36)42)47(60)54-34-10-11-40(50)44(28-34)65-35-16-21-56(22-17-35)46(59)18-23-63-25-26-64-24-20-53-41-4-2-3-37-39(41)29-57(49(37)62)43-13-14-45(58)55-48(43)61/h2-4,9-12,15,19,27-28,30-32,35,43,45,53,58H,5-8,13-14,16-18,20-26,29H2,1H3,(H,54,60)(H,55,61)/t30-,31?,32?,43?,45?/m1/s1. The number of anilines is 2. The number of pyridine rings is 1. The molecule has 16 heteroatoms. The fourth-order valence-corrected chi connectivity index (χ4v) is 9.88. The third-order valence-corrected chi connectivity index (χ3v) is 13.8. The zero-order valence-corrected chi connectivity index (χ0v) is 37.5. The number of aromatic nitrogens is 1. The number of aliphatic hydroxyl groups is 1. The Hall–Kier alpha value is -5.35. The second kappa shape index (κ2) is 21.3. The van der Waals surface area contributed by atoms with Crippen LogP contribution in [0.15, 0.2) is 66.9 Å². The van der Waals surface area contributed by atoms with Gasteiger partial charge in [0.1, 0.15) is 29.9 Å². The largest absolute Gasteiger partial charge is 0.489 e. The third kappa shape index (κ3) is 11.2. The Balaban J connectivity index is 0.692. The number of hydrogen-bond donors (Lipinski definition) is 4. The Kier molecular flexibility index (Phi) is 15.1. The number of aliphatic hydroxyl groups excluding tert-OH is 1. The highest BCUT2D eigenvalue weighted by atomic mass is 35.5. The summed E-state index contributed by atoms with van der Waals surface area (Å²) in [4.78, 5) is 59.8. The van der Waals surface area contributed by atoms with Gasteiger partial charge in [-0.1, -0.05) is 24.6 Å². The highest BCUT2D eigenvalue weighted by molar-refractivity contribution is 6.32. The van der Waals surface area contributed by atoms with E-state index in [-0.39, 0.29) is 60.4 Å². The second-order valence-electron chi connectivity index (χ2n) is 17.6.